The third kappa shape index (κ3) is 2.79. The molecule has 2 aromatic rings. The number of hydrogen-bond acceptors (Lipinski definition) is 3. The van der Waals surface area contributed by atoms with Crippen LogP contribution in [-0.4, -0.2) is 4.98 Å². The molecule has 17 heavy (non-hydrogen) atoms. The van der Waals surface area contributed by atoms with Gasteiger partial charge in [-0.1, -0.05) is 11.6 Å². The second kappa shape index (κ2) is 5.07. The van der Waals surface area contributed by atoms with E-state index < -0.39 is 0 Å². The minimum Gasteiger partial charge on any atom is -0.376 e. The summed E-state index contributed by atoms with van der Waals surface area (Å²) in [6.07, 6.45) is 0. The quantitative estimate of drug-likeness (QED) is 0.822. The van der Waals surface area contributed by atoms with Gasteiger partial charge in [0.1, 0.15) is 5.15 Å². The summed E-state index contributed by atoms with van der Waals surface area (Å²) in [6.45, 7) is 6.26. The summed E-state index contributed by atoms with van der Waals surface area (Å²) in [7, 11) is 0. The van der Waals surface area contributed by atoms with E-state index in [-0.39, 0.29) is 6.04 Å². The van der Waals surface area contributed by atoms with Crippen LogP contribution in [0.5, 0.6) is 0 Å². The topological polar surface area (TPSA) is 24.9 Å². The van der Waals surface area contributed by atoms with E-state index in [1.54, 1.807) is 11.3 Å². The predicted octanol–water partition coefficient (Wildman–Crippen LogP) is 4.59. The number of halogens is 1. The van der Waals surface area contributed by atoms with Gasteiger partial charge in [0, 0.05) is 4.88 Å². The van der Waals surface area contributed by atoms with Gasteiger partial charge in [-0.3, -0.25) is 0 Å². The fourth-order valence-electron chi connectivity index (χ4n) is 1.81. The van der Waals surface area contributed by atoms with Crippen LogP contribution in [-0.2, 0) is 0 Å². The highest BCUT2D eigenvalue weighted by Crippen LogP contribution is 2.28. The Kier molecular flexibility index (Phi) is 3.69. The van der Waals surface area contributed by atoms with Crippen LogP contribution in [0.4, 0.5) is 5.69 Å². The molecule has 90 valence electrons. The Labute approximate surface area is 111 Å². The SMILES string of the molecule is Cc1ccsc1C(C)Nc1ccc(Cl)nc1C. The Bertz CT molecular complexity index is 522. The maximum atomic E-state index is 5.84. The molecule has 1 atom stereocenters. The van der Waals surface area contributed by atoms with Gasteiger partial charge in [-0.05, 0) is 49.9 Å². The van der Waals surface area contributed by atoms with Crippen molar-refractivity contribution < 1.29 is 0 Å². The molecule has 2 aromatic heterocycles. The zero-order chi connectivity index (χ0) is 12.4. The fourth-order valence-corrected chi connectivity index (χ4v) is 2.94. The molecule has 0 spiro atoms. The molecular formula is C13H15ClN2S. The lowest BCUT2D eigenvalue weighted by Crippen LogP contribution is -2.07. The van der Waals surface area contributed by atoms with Crippen molar-refractivity contribution in [3.05, 3.63) is 44.9 Å². The van der Waals surface area contributed by atoms with Crippen molar-refractivity contribution in [3.8, 4) is 0 Å². The van der Waals surface area contributed by atoms with Gasteiger partial charge in [0.15, 0.2) is 0 Å². The van der Waals surface area contributed by atoms with Gasteiger partial charge in [0.05, 0.1) is 17.4 Å². The van der Waals surface area contributed by atoms with Crippen molar-refractivity contribution >= 4 is 28.6 Å². The van der Waals surface area contributed by atoms with Crippen molar-refractivity contribution in [3.63, 3.8) is 0 Å². The van der Waals surface area contributed by atoms with Crippen LogP contribution in [0.3, 0.4) is 0 Å². The van der Waals surface area contributed by atoms with E-state index in [0.717, 1.165) is 11.4 Å². The van der Waals surface area contributed by atoms with E-state index in [1.165, 1.54) is 10.4 Å². The second-order valence-corrected chi connectivity index (χ2v) is 5.44. The lowest BCUT2D eigenvalue weighted by molar-refractivity contribution is 0.893. The number of nitrogens with zero attached hydrogens (tertiary/aromatic N) is 1. The highest BCUT2D eigenvalue weighted by Gasteiger charge is 2.11. The molecule has 1 N–H and O–H groups in total. The summed E-state index contributed by atoms with van der Waals surface area (Å²) in [4.78, 5) is 5.60. The summed E-state index contributed by atoms with van der Waals surface area (Å²) >= 11 is 7.62. The number of rotatable bonds is 3. The van der Waals surface area contributed by atoms with Gasteiger partial charge < -0.3 is 5.32 Å². The van der Waals surface area contributed by atoms with Crippen molar-refractivity contribution in [2.45, 2.75) is 26.8 Å². The molecule has 0 bridgehead atoms. The summed E-state index contributed by atoms with van der Waals surface area (Å²) in [6, 6.07) is 6.22. The molecule has 2 nitrogen and oxygen atoms in total. The van der Waals surface area contributed by atoms with E-state index in [1.807, 2.05) is 19.1 Å². The van der Waals surface area contributed by atoms with Crippen LogP contribution in [0.2, 0.25) is 5.15 Å². The molecule has 0 radical (unpaired) electrons. The number of aromatic nitrogens is 1. The average Bonchev–Trinajstić information content (AvgIpc) is 2.68. The van der Waals surface area contributed by atoms with Crippen LogP contribution in [0.25, 0.3) is 0 Å². The number of aryl methyl sites for hydroxylation is 2. The smallest absolute Gasteiger partial charge is 0.129 e. The Balaban J connectivity index is 2.19. The molecule has 2 heterocycles. The Morgan fingerprint density at radius 1 is 1.29 bits per heavy atom. The van der Waals surface area contributed by atoms with Crippen LogP contribution < -0.4 is 5.32 Å². The fraction of sp³-hybridized carbons (Fsp3) is 0.308. The van der Waals surface area contributed by atoms with Gasteiger partial charge >= 0.3 is 0 Å². The number of thiophene rings is 1. The first-order valence-corrected chi connectivity index (χ1v) is 6.77. The van der Waals surface area contributed by atoms with Crippen molar-refractivity contribution in [2.24, 2.45) is 0 Å². The summed E-state index contributed by atoms with van der Waals surface area (Å²) < 4.78 is 0. The first-order chi connectivity index (χ1) is 8.08. The monoisotopic (exact) mass is 266 g/mol. The van der Waals surface area contributed by atoms with Crippen molar-refractivity contribution in [1.29, 1.82) is 0 Å². The van der Waals surface area contributed by atoms with E-state index in [2.05, 4.69) is 35.6 Å². The van der Waals surface area contributed by atoms with Crippen molar-refractivity contribution in [2.75, 3.05) is 5.32 Å². The Morgan fingerprint density at radius 3 is 2.65 bits per heavy atom. The standard InChI is InChI=1S/C13H15ClN2S/c1-8-6-7-17-13(8)10(3)15-11-4-5-12(14)16-9(11)2/h4-7,10,15H,1-3H3. The zero-order valence-electron chi connectivity index (χ0n) is 10.1. The lowest BCUT2D eigenvalue weighted by atomic mass is 10.2. The predicted molar refractivity (Wildman–Crippen MR) is 75.1 cm³/mol. The van der Waals surface area contributed by atoms with Crippen LogP contribution in [0, 0.1) is 13.8 Å². The molecule has 2 rings (SSSR count). The maximum Gasteiger partial charge on any atom is 0.129 e. The van der Waals surface area contributed by atoms with Gasteiger partial charge in [0.25, 0.3) is 0 Å². The molecule has 0 aromatic carbocycles. The average molecular weight is 267 g/mol. The number of hydrogen-bond donors (Lipinski definition) is 1. The molecular weight excluding hydrogens is 252 g/mol. The van der Waals surface area contributed by atoms with E-state index in [0.29, 0.717) is 5.15 Å². The third-order valence-corrected chi connectivity index (χ3v) is 4.13. The van der Waals surface area contributed by atoms with Crippen LogP contribution in [0.15, 0.2) is 23.6 Å². The molecule has 0 saturated heterocycles. The van der Waals surface area contributed by atoms with Gasteiger partial charge in [-0.15, -0.1) is 11.3 Å². The molecule has 4 heteroatoms. The van der Waals surface area contributed by atoms with E-state index in [9.17, 15) is 0 Å². The van der Waals surface area contributed by atoms with E-state index in [4.69, 9.17) is 11.6 Å². The van der Waals surface area contributed by atoms with Crippen molar-refractivity contribution in [1.82, 2.24) is 4.98 Å². The van der Waals surface area contributed by atoms with Gasteiger partial charge in [-0.2, -0.15) is 0 Å². The largest absolute Gasteiger partial charge is 0.376 e. The Hall–Kier alpha value is -1.06. The number of anilines is 1. The molecule has 0 aliphatic heterocycles. The Morgan fingerprint density at radius 2 is 2.06 bits per heavy atom. The highest BCUT2D eigenvalue weighted by molar-refractivity contribution is 7.10. The van der Waals surface area contributed by atoms with E-state index >= 15 is 0 Å². The first-order valence-electron chi connectivity index (χ1n) is 5.51. The number of nitrogens with one attached hydrogen (secondary N) is 1. The normalized spacial score (nSPS) is 12.5. The molecule has 0 aliphatic carbocycles. The molecule has 0 aliphatic rings. The van der Waals surface area contributed by atoms with Crippen LogP contribution in [0.1, 0.15) is 29.1 Å². The zero-order valence-corrected chi connectivity index (χ0v) is 11.7. The minimum atomic E-state index is 0.289. The highest BCUT2D eigenvalue weighted by atomic mass is 35.5. The lowest BCUT2D eigenvalue weighted by Gasteiger charge is -2.16. The summed E-state index contributed by atoms with van der Waals surface area (Å²) in [5.41, 5.74) is 3.29. The maximum absolute atomic E-state index is 5.84. The molecule has 1 unspecified atom stereocenters. The summed E-state index contributed by atoms with van der Waals surface area (Å²) in [5, 5.41) is 6.13. The number of pyridine rings is 1. The molecule has 0 saturated carbocycles. The molecule has 0 fully saturated rings. The summed E-state index contributed by atoms with van der Waals surface area (Å²) in [5.74, 6) is 0. The second-order valence-electron chi connectivity index (χ2n) is 4.10. The van der Waals surface area contributed by atoms with Gasteiger partial charge in [0.2, 0.25) is 0 Å². The van der Waals surface area contributed by atoms with Gasteiger partial charge in [-0.25, -0.2) is 4.98 Å². The molecule has 0 amide bonds. The first kappa shape index (κ1) is 12.4. The minimum absolute atomic E-state index is 0.289. The van der Waals surface area contributed by atoms with Crippen LogP contribution >= 0.6 is 22.9 Å². The third-order valence-electron chi connectivity index (χ3n) is 2.72.